The van der Waals surface area contributed by atoms with E-state index in [9.17, 15) is 9.18 Å². The number of carbonyl (C=O) groups excluding carboxylic acids is 1. The van der Waals surface area contributed by atoms with Gasteiger partial charge in [0.1, 0.15) is 11.3 Å². The van der Waals surface area contributed by atoms with E-state index in [0.717, 1.165) is 11.1 Å². The summed E-state index contributed by atoms with van der Waals surface area (Å²) in [7, 11) is 0. The summed E-state index contributed by atoms with van der Waals surface area (Å²) in [5.74, 6) is -0.788. The van der Waals surface area contributed by atoms with Crippen molar-refractivity contribution < 1.29 is 9.18 Å². The predicted octanol–water partition coefficient (Wildman–Crippen LogP) is 3.89. The molecule has 0 aliphatic rings. The number of benzene rings is 2. The van der Waals surface area contributed by atoms with Crippen LogP contribution in [0.15, 0.2) is 28.7 Å². The van der Waals surface area contributed by atoms with E-state index in [1.807, 2.05) is 6.92 Å². The minimum atomic E-state index is -0.458. The Morgan fingerprint density at radius 1 is 1.32 bits per heavy atom. The molecule has 3 N–H and O–H groups in total. The summed E-state index contributed by atoms with van der Waals surface area (Å²) in [4.78, 5) is 12.8. The first kappa shape index (κ1) is 14.7. The lowest BCUT2D eigenvalue weighted by Crippen LogP contribution is -2.09. The average molecular weight is 362 g/mol. The molecule has 6 heteroatoms. The van der Waals surface area contributed by atoms with Gasteiger partial charge in [-0.1, -0.05) is 6.07 Å². The fraction of sp³-hybridized carbons (Fsp3) is 0.125. The molecule has 1 heterocycles. The van der Waals surface area contributed by atoms with Gasteiger partial charge >= 0.3 is 0 Å². The van der Waals surface area contributed by atoms with Gasteiger partial charge in [0.25, 0.3) is 0 Å². The molecule has 0 atom stereocenters. The Labute approximate surface area is 134 Å². The van der Waals surface area contributed by atoms with Crippen LogP contribution in [0, 0.1) is 19.7 Å². The lowest BCUT2D eigenvalue weighted by Gasteiger charge is -2.10. The van der Waals surface area contributed by atoms with E-state index in [4.69, 9.17) is 5.73 Å². The molecule has 0 aliphatic carbocycles. The van der Waals surface area contributed by atoms with Gasteiger partial charge in [0.15, 0.2) is 5.78 Å². The number of rotatable bonds is 2. The van der Waals surface area contributed by atoms with Crippen molar-refractivity contribution in [1.82, 2.24) is 10.2 Å². The van der Waals surface area contributed by atoms with Gasteiger partial charge in [0.05, 0.1) is 10.0 Å². The largest absolute Gasteiger partial charge is 0.398 e. The molecule has 0 radical (unpaired) electrons. The maximum atomic E-state index is 13.5. The lowest BCUT2D eigenvalue weighted by atomic mass is 9.96. The minimum absolute atomic E-state index is 0.291. The number of aromatic nitrogens is 2. The van der Waals surface area contributed by atoms with Crippen LogP contribution in [0.4, 0.5) is 10.1 Å². The quantitative estimate of drug-likeness (QED) is 0.537. The van der Waals surface area contributed by atoms with Crippen molar-refractivity contribution in [2.75, 3.05) is 5.73 Å². The van der Waals surface area contributed by atoms with Crippen LogP contribution in [-0.4, -0.2) is 16.0 Å². The highest BCUT2D eigenvalue weighted by Crippen LogP contribution is 2.34. The highest BCUT2D eigenvalue weighted by Gasteiger charge is 2.22. The smallest absolute Gasteiger partial charge is 0.196 e. The van der Waals surface area contributed by atoms with E-state index in [-0.39, 0.29) is 5.78 Å². The minimum Gasteiger partial charge on any atom is -0.398 e. The number of fused-ring (bicyclic) bond motifs is 1. The molecule has 3 rings (SSSR count). The Balaban J connectivity index is 2.25. The van der Waals surface area contributed by atoms with Crippen molar-refractivity contribution in [3.8, 4) is 0 Å². The highest BCUT2D eigenvalue weighted by atomic mass is 79.9. The fourth-order valence-electron chi connectivity index (χ4n) is 2.46. The van der Waals surface area contributed by atoms with E-state index in [0.29, 0.717) is 32.4 Å². The van der Waals surface area contributed by atoms with Crippen molar-refractivity contribution in [2.24, 2.45) is 0 Å². The molecular formula is C16H13BrFN3O. The Hall–Kier alpha value is -2.21. The summed E-state index contributed by atoms with van der Waals surface area (Å²) < 4.78 is 14.0. The number of anilines is 1. The molecule has 0 fully saturated rings. The van der Waals surface area contributed by atoms with Gasteiger partial charge in [-0.3, -0.25) is 9.89 Å². The Morgan fingerprint density at radius 3 is 2.77 bits per heavy atom. The first-order valence-electron chi connectivity index (χ1n) is 6.63. The zero-order valence-corrected chi connectivity index (χ0v) is 13.6. The van der Waals surface area contributed by atoms with Gasteiger partial charge in [-0.15, -0.1) is 0 Å². The summed E-state index contributed by atoms with van der Waals surface area (Å²) >= 11 is 3.41. The second-order valence-electron chi connectivity index (χ2n) is 5.19. The number of nitrogen functional groups attached to an aromatic ring is 1. The summed E-state index contributed by atoms with van der Waals surface area (Å²) in [6, 6.07) is 5.83. The van der Waals surface area contributed by atoms with Crippen molar-refractivity contribution in [3.63, 3.8) is 0 Å². The van der Waals surface area contributed by atoms with Crippen LogP contribution < -0.4 is 5.73 Å². The number of carbonyl (C=O) groups is 1. The van der Waals surface area contributed by atoms with Crippen LogP contribution in [-0.2, 0) is 0 Å². The Kier molecular flexibility index (Phi) is 3.48. The van der Waals surface area contributed by atoms with Crippen LogP contribution in [0.1, 0.15) is 27.2 Å². The molecule has 0 spiro atoms. The normalized spacial score (nSPS) is 11.1. The maximum Gasteiger partial charge on any atom is 0.196 e. The standard InChI is InChI=1S/C16H13BrFN3O/c1-7-3-4-9(18)5-10(7)16(22)13-12(19)6-11-8(2)20-21-15(11)14(13)17/h3-6H,19H2,1-2H3,(H,20,21). The second kappa shape index (κ2) is 5.21. The first-order chi connectivity index (χ1) is 10.4. The maximum absolute atomic E-state index is 13.5. The summed E-state index contributed by atoms with van der Waals surface area (Å²) in [5, 5.41) is 7.89. The highest BCUT2D eigenvalue weighted by molar-refractivity contribution is 9.10. The Morgan fingerprint density at radius 2 is 2.05 bits per heavy atom. The fourth-order valence-corrected chi connectivity index (χ4v) is 3.17. The molecule has 22 heavy (non-hydrogen) atoms. The Bertz CT molecular complexity index is 917. The summed E-state index contributed by atoms with van der Waals surface area (Å²) in [6.45, 7) is 3.63. The SMILES string of the molecule is Cc1ccc(F)cc1C(=O)c1c(N)cc2c(C)[nH]nc2c1Br. The van der Waals surface area contributed by atoms with Gasteiger partial charge in [0, 0.05) is 22.3 Å². The molecule has 1 aromatic heterocycles. The number of ketones is 1. The second-order valence-corrected chi connectivity index (χ2v) is 5.98. The molecule has 4 nitrogen and oxygen atoms in total. The molecule has 0 bridgehead atoms. The van der Waals surface area contributed by atoms with Gasteiger partial charge in [-0.2, -0.15) is 5.10 Å². The number of halogens is 2. The van der Waals surface area contributed by atoms with Crippen LogP contribution >= 0.6 is 15.9 Å². The van der Waals surface area contributed by atoms with Crippen LogP contribution in [0.3, 0.4) is 0 Å². The van der Waals surface area contributed by atoms with E-state index in [2.05, 4.69) is 26.1 Å². The number of nitrogens with zero attached hydrogens (tertiary/aromatic N) is 1. The van der Waals surface area contributed by atoms with Crippen molar-refractivity contribution in [3.05, 3.63) is 56.9 Å². The van der Waals surface area contributed by atoms with Crippen molar-refractivity contribution >= 4 is 38.3 Å². The molecule has 3 aromatic rings. The van der Waals surface area contributed by atoms with Crippen LogP contribution in [0.25, 0.3) is 10.9 Å². The lowest BCUT2D eigenvalue weighted by molar-refractivity contribution is 0.103. The number of nitrogens with two attached hydrogens (primary N) is 1. The van der Waals surface area contributed by atoms with Crippen molar-refractivity contribution in [2.45, 2.75) is 13.8 Å². The molecule has 2 aromatic carbocycles. The summed E-state index contributed by atoms with van der Waals surface area (Å²) in [5.41, 5.74) is 9.16. The first-order valence-corrected chi connectivity index (χ1v) is 7.43. The van der Waals surface area contributed by atoms with E-state index in [1.165, 1.54) is 12.1 Å². The number of nitrogens with one attached hydrogen (secondary N) is 1. The molecule has 0 saturated heterocycles. The van der Waals surface area contributed by atoms with E-state index < -0.39 is 5.82 Å². The third kappa shape index (κ3) is 2.20. The zero-order chi connectivity index (χ0) is 16.0. The molecule has 0 amide bonds. The van der Waals surface area contributed by atoms with Gasteiger partial charge in [0.2, 0.25) is 0 Å². The molecule has 112 valence electrons. The van der Waals surface area contributed by atoms with Crippen LogP contribution in [0.2, 0.25) is 0 Å². The molecular weight excluding hydrogens is 349 g/mol. The third-order valence-electron chi connectivity index (χ3n) is 3.68. The zero-order valence-electron chi connectivity index (χ0n) is 12.0. The van der Waals surface area contributed by atoms with Crippen LogP contribution in [0.5, 0.6) is 0 Å². The monoisotopic (exact) mass is 361 g/mol. The number of aryl methyl sites for hydroxylation is 2. The molecule has 0 saturated carbocycles. The number of hydrogen-bond donors (Lipinski definition) is 2. The molecule has 0 unspecified atom stereocenters. The van der Waals surface area contributed by atoms with E-state index in [1.54, 1.807) is 19.1 Å². The number of H-pyrrole nitrogens is 1. The van der Waals surface area contributed by atoms with E-state index >= 15 is 0 Å². The summed E-state index contributed by atoms with van der Waals surface area (Å²) in [6.07, 6.45) is 0. The average Bonchev–Trinajstić information content (AvgIpc) is 2.83. The third-order valence-corrected chi connectivity index (χ3v) is 4.45. The number of hydrogen-bond acceptors (Lipinski definition) is 3. The van der Waals surface area contributed by atoms with Gasteiger partial charge < -0.3 is 5.73 Å². The number of aromatic amines is 1. The topological polar surface area (TPSA) is 71.8 Å². The molecule has 0 aliphatic heterocycles. The van der Waals surface area contributed by atoms with Gasteiger partial charge in [-0.05, 0) is 53.5 Å². The predicted molar refractivity (Wildman–Crippen MR) is 87.5 cm³/mol. The van der Waals surface area contributed by atoms with Gasteiger partial charge in [-0.25, -0.2) is 4.39 Å². The van der Waals surface area contributed by atoms with Crippen molar-refractivity contribution in [1.29, 1.82) is 0 Å².